The van der Waals surface area contributed by atoms with Gasteiger partial charge >= 0.3 is 0 Å². The van der Waals surface area contributed by atoms with Gasteiger partial charge in [-0.25, -0.2) is 0 Å². The van der Waals surface area contributed by atoms with Crippen LogP contribution in [0, 0.1) is 0 Å². The largest absolute Gasteiger partial charge is 0.497 e. The molecule has 1 aliphatic heterocycles. The number of aromatic nitrogens is 2. The lowest BCUT2D eigenvalue weighted by Crippen LogP contribution is -2.35. The van der Waals surface area contributed by atoms with Gasteiger partial charge in [-0.2, -0.15) is 5.10 Å². The Morgan fingerprint density at radius 2 is 2.12 bits per heavy atom. The second-order valence-corrected chi connectivity index (χ2v) is 8.24. The molecule has 0 aliphatic carbocycles. The summed E-state index contributed by atoms with van der Waals surface area (Å²) >= 11 is 0. The minimum atomic E-state index is 0.0828. The van der Waals surface area contributed by atoms with Crippen molar-refractivity contribution in [1.29, 1.82) is 0 Å². The van der Waals surface area contributed by atoms with Crippen molar-refractivity contribution in [3.63, 3.8) is 0 Å². The van der Waals surface area contributed by atoms with Crippen molar-refractivity contribution in [2.75, 3.05) is 26.7 Å². The van der Waals surface area contributed by atoms with E-state index in [9.17, 15) is 4.79 Å². The van der Waals surface area contributed by atoms with Crippen molar-refractivity contribution in [3.8, 4) is 11.5 Å². The highest BCUT2D eigenvalue weighted by molar-refractivity contribution is 5.78. The number of amides is 1. The molecule has 1 amide bonds. The van der Waals surface area contributed by atoms with Gasteiger partial charge in [-0.05, 0) is 37.1 Å². The number of ether oxygens (including phenoxy) is 2. The molecule has 1 atom stereocenters. The number of methoxy groups -OCH3 is 1. The fourth-order valence-corrected chi connectivity index (χ4v) is 4.12. The highest BCUT2D eigenvalue weighted by Gasteiger charge is 2.22. The summed E-state index contributed by atoms with van der Waals surface area (Å²) in [6.07, 6.45) is 4.25. The van der Waals surface area contributed by atoms with E-state index in [2.05, 4.69) is 34.4 Å². The Morgan fingerprint density at radius 3 is 2.97 bits per heavy atom. The summed E-state index contributed by atoms with van der Waals surface area (Å²) in [5.74, 6) is 1.82. The highest BCUT2D eigenvalue weighted by Crippen LogP contribution is 2.29. The summed E-state index contributed by atoms with van der Waals surface area (Å²) in [6.45, 7) is 5.83. The van der Waals surface area contributed by atoms with E-state index in [0.29, 0.717) is 19.5 Å². The first-order valence-corrected chi connectivity index (χ1v) is 11.4. The van der Waals surface area contributed by atoms with Crippen LogP contribution < -0.4 is 14.8 Å². The molecule has 7 heteroatoms. The van der Waals surface area contributed by atoms with E-state index in [4.69, 9.17) is 9.47 Å². The number of carbonyl (C=O) groups excluding carboxylic acids is 1. The zero-order chi connectivity index (χ0) is 22.3. The molecule has 3 aromatic rings. The lowest BCUT2D eigenvalue weighted by molar-refractivity contribution is -0.121. The molecule has 1 aromatic heterocycles. The van der Waals surface area contributed by atoms with Crippen molar-refractivity contribution in [3.05, 3.63) is 54.2 Å². The summed E-state index contributed by atoms with van der Waals surface area (Å²) in [6, 6.07) is 14.1. The molecule has 0 bridgehead atoms. The zero-order valence-electron chi connectivity index (χ0n) is 18.9. The quantitative estimate of drug-likeness (QED) is 0.519. The van der Waals surface area contributed by atoms with Crippen LogP contribution in [0.25, 0.3) is 10.9 Å². The molecule has 0 spiro atoms. The Morgan fingerprint density at radius 1 is 1.25 bits per heavy atom. The van der Waals surface area contributed by atoms with Crippen LogP contribution in [0.15, 0.2) is 48.7 Å². The van der Waals surface area contributed by atoms with E-state index in [-0.39, 0.29) is 12.0 Å². The van der Waals surface area contributed by atoms with Crippen LogP contribution in [0.3, 0.4) is 0 Å². The Bertz CT molecular complexity index is 1050. The molecule has 0 saturated heterocycles. The standard InChI is InChI=1S/C25H32N4O3/c1-3-21-18-28(17-20-15-22(31-2)9-10-24(20)32-21)14-11-25(30)26-12-6-13-29-23-8-5-4-7-19(23)16-27-29/h4-5,7-10,15-16,21H,3,6,11-14,17-18H2,1-2H3,(H,26,30)/t21-/m0/s1. The number of aryl methyl sites for hydroxylation is 1. The van der Waals surface area contributed by atoms with Crippen molar-refractivity contribution < 1.29 is 14.3 Å². The molecule has 1 N–H and O–H groups in total. The van der Waals surface area contributed by atoms with Crippen molar-refractivity contribution >= 4 is 16.8 Å². The predicted octanol–water partition coefficient (Wildman–Crippen LogP) is 3.61. The van der Waals surface area contributed by atoms with E-state index >= 15 is 0 Å². The second kappa shape index (κ2) is 10.5. The zero-order valence-corrected chi connectivity index (χ0v) is 18.9. The maximum Gasteiger partial charge on any atom is 0.221 e. The minimum absolute atomic E-state index is 0.0828. The van der Waals surface area contributed by atoms with Crippen LogP contribution in [-0.4, -0.2) is 53.4 Å². The molecule has 7 nitrogen and oxygen atoms in total. The molecular formula is C25H32N4O3. The molecule has 2 heterocycles. The Balaban J connectivity index is 1.24. The first kappa shape index (κ1) is 22.1. The van der Waals surface area contributed by atoms with Crippen LogP contribution in [0.5, 0.6) is 11.5 Å². The summed E-state index contributed by atoms with van der Waals surface area (Å²) < 4.78 is 13.5. The predicted molar refractivity (Wildman–Crippen MR) is 125 cm³/mol. The fourth-order valence-electron chi connectivity index (χ4n) is 4.12. The summed E-state index contributed by atoms with van der Waals surface area (Å²) in [4.78, 5) is 14.7. The number of benzene rings is 2. The normalized spacial score (nSPS) is 16.2. The molecule has 32 heavy (non-hydrogen) atoms. The number of para-hydroxylation sites is 1. The lowest BCUT2D eigenvalue weighted by Gasteiger charge is -2.22. The molecule has 1 aliphatic rings. The lowest BCUT2D eigenvalue weighted by atomic mass is 10.1. The van der Waals surface area contributed by atoms with Gasteiger partial charge in [-0.1, -0.05) is 25.1 Å². The van der Waals surface area contributed by atoms with E-state index in [1.165, 1.54) is 0 Å². The first-order valence-electron chi connectivity index (χ1n) is 11.4. The molecule has 2 aromatic carbocycles. The number of rotatable bonds is 9. The second-order valence-electron chi connectivity index (χ2n) is 8.24. The van der Waals surface area contributed by atoms with Crippen LogP contribution in [0.1, 0.15) is 31.7 Å². The van der Waals surface area contributed by atoms with E-state index in [1.54, 1.807) is 7.11 Å². The summed E-state index contributed by atoms with van der Waals surface area (Å²) in [5, 5.41) is 8.63. The maximum atomic E-state index is 12.4. The van der Waals surface area contributed by atoms with Crippen molar-refractivity contribution in [2.45, 2.75) is 45.4 Å². The Kier molecular flexibility index (Phi) is 7.27. The van der Waals surface area contributed by atoms with Crippen molar-refractivity contribution in [2.24, 2.45) is 0 Å². The highest BCUT2D eigenvalue weighted by atomic mass is 16.5. The van der Waals surface area contributed by atoms with E-state index < -0.39 is 0 Å². The molecule has 4 rings (SSSR count). The third-order valence-electron chi connectivity index (χ3n) is 5.95. The molecule has 170 valence electrons. The van der Waals surface area contributed by atoms with Crippen molar-refractivity contribution in [1.82, 2.24) is 20.0 Å². The topological polar surface area (TPSA) is 68.6 Å². The smallest absolute Gasteiger partial charge is 0.221 e. The number of carbonyl (C=O) groups is 1. The molecular weight excluding hydrogens is 404 g/mol. The molecule has 0 radical (unpaired) electrons. The molecule has 0 saturated carbocycles. The molecule has 0 unspecified atom stereocenters. The first-order chi connectivity index (χ1) is 15.7. The van der Waals surface area contributed by atoms with E-state index in [1.807, 2.05) is 41.2 Å². The van der Waals surface area contributed by atoms with E-state index in [0.717, 1.165) is 60.4 Å². The van der Waals surface area contributed by atoms with Crippen LogP contribution in [0.4, 0.5) is 0 Å². The average molecular weight is 437 g/mol. The average Bonchev–Trinajstić information content (AvgIpc) is 3.14. The van der Waals surface area contributed by atoms with Crippen LogP contribution in [0.2, 0.25) is 0 Å². The maximum absolute atomic E-state index is 12.4. The van der Waals surface area contributed by atoms with Gasteiger partial charge in [0.1, 0.15) is 17.6 Å². The SMILES string of the molecule is CC[C@H]1CN(CCC(=O)NCCCn2ncc3ccccc32)Cc2cc(OC)ccc2O1. The Labute approximate surface area is 189 Å². The minimum Gasteiger partial charge on any atom is -0.497 e. The monoisotopic (exact) mass is 436 g/mol. The third kappa shape index (κ3) is 5.40. The van der Waals surface area contributed by atoms with Crippen LogP contribution >= 0.6 is 0 Å². The van der Waals surface area contributed by atoms with Gasteiger partial charge in [-0.3, -0.25) is 14.4 Å². The van der Waals surface area contributed by atoms with Gasteiger partial charge in [-0.15, -0.1) is 0 Å². The van der Waals surface area contributed by atoms with Crippen LogP contribution in [-0.2, 0) is 17.9 Å². The van der Waals surface area contributed by atoms with Gasteiger partial charge in [0.25, 0.3) is 0 Å². The number of fused-ring (bicyclic) bond motifs is 2. The third-order valence-corrected chi connectivity index (χ3v) is 5.95. The number of hydrogen-bond donors (Lipinski definition) is 1. The number of nitrogens with one attached hydrogen (secondary N) is 1. The number of hydrogen-bond acceptors (Lipinski definition) is 5. The summed E-state index contributed by atoms with van der Waals surface area (Å²) in [7, 11) is 1.67. The van der Waals surface area contributed by atoms with Gasteiger partial charge in [0.2, 0.25) is 5.91 Å². The van der Waals surface area contributed by atoms with Gasteiger partial charge in [0.15, 0.2) is 0 Å². The number of nitrogens with zero attached hydrogens (tertiary/aromatic N) is 3. The summed E-state index contributed by atoms with van der Waals surface area (Å²) in [5.41, 5.74) is 2.23. The van der Waals surface area contributed by atoms with Gasteiger partial charge in [0, 0.05) is 50.1 Å². The Hall–Kier alpha value is -3.06. The molecule has 0 fully saturated rings. The fraction of sp³-hybridized carbons (Fsp3) is 0.440. The van der Waals surface area contributed by atoms with Gasteiger partial charge < -0.3 is 14.8 Å². The van der Waals surface area contributed by atoms with Gasteiger partial charge in [0.05, 0.1) is 18.8 Å².